The molecule has 1 amide bonds. The lowest BCUT2D eigenvalue weighted by Gasteiger charge is -2.25. The minimum Gasteiger partial charge on any atom is -0.340 e. The maximum Gasteiger partial charge on any atom is 0.228 e. The average molecular weight is 228 g/mol. The van der Waals surface area contributed by atoms with Gasteiger partial charge < -0.3 is 5.32 Å². The number of carbonyl (C=O) groups is 1. The van der Waals surface area contributed by atoms with Crippen molar-refractivity contribution in [3.8, 4) is 6.07 Å². The second-order valence-corrected chi connectivity index (χ2v) is 4.50. The molecule has 2 rings (SSSR count). The monoisotopic (exact) mass is 228 g/mol. The van der Waals surface area contributed by atoms with E-state index in [0.29, 0.717) is 0 Å². The average Bonchev–Trinajstić information content (AvgIpc) is 2.37. The Balaban J connectivity index is 2.19. The van der Waals surface area contributed by atoms with Gasteiger partial charge in [-0.1, -0.05) is 24.3 Å². The maximum absolute atomic E-state index is 12.1. The van der Waals surface area contributed by atoms with Gasteiger partial charge >= 0.3 is 0 Å². The minimum absolute atomic E-state index is 0.0220. The van der Waals surface area contributed by atoms with Crippen molar-refractivity contribution in [2.45, 2.75) is 38.1 Å². The van der Waals surface area contributed by atoms with Crippen LogP contribution in [0, 0.1) is 11.3 Å². The van der Waals surface area contributed by atoms with Crippen LogP contribution in [0.2, 0.25) is 0 Å². The minimum atomic E-state index is -0.420. The second-order valence-electron chi connectivity index (χ2n) is 4.50. The number of nitrogens with one attached hydrogen (secondary N) is 1. The molecule has 0 bridgehead atoms. The Morgan fingerprint density at radius 3 is 3.06 bits per heavy atom. The second kappa shape index (κ2) is 5.01. The van der Waals surface area contributed by atoms with E-state index in [2.05, 4.69) is 11.4 Å². The topological polar surface area (TPSA) is 52.9 Å². The van der Waals surface area contributed by atoms with E-state index < -0.39 is 6.04 Å². The number of hydrogen-bond donors (Lipinski definition) is 1. The first kappa shape index (κ1) is 11.7. The molecule has 1 aromatic rings. The highest BCUT2D eigenvalue weighted by Gasteiger charge is 2.26. The van der Waals surface area contributed by atoms with E-state index in [1.807, 2.05) is 24.3 Å². The van der Waals surface area contributed by atoms with Gasteiger partial charge in [0.25, 0.3) is 0 Å². The molecule has 3 heteroatoms. The molecule has 2 unspecified atom stereocenters. The molecule has 3 nitrogen and oxygen atoms in total. The van der Waals surface area contributed by atoms with Crippen molar-refractivity contribution in [3.63, 3.8) is 0 Å². The standard InChI is InChI=1S/C14H16N2O/c1-10(9-15)16-14(17)13-8-4-6-11-5-2-3-7-12(11)13/h2-3,5,7,10,13H,4,6,8H2,1H3,(H,16,17). The van der Waals surface area contributed by atoms with E-state index >= 15 is 0 Å². The highest BCUT2D eigenvalue weighted by molar-refractivity contribution is 5.84. The molecule has 0 fully saturated rings. The molecule has 0 saturated heterocycles. The Bertz CT molecular complexity index is 462. The van der Waals surface area contributed by atoms with Crippen LogP contribution in [0.4, 0.5) is 0 Å². The SMILES string of the molecule is CC(C#N)NC(=O)C1CCCc2ccccc21. The van der Waals surface area contributed by atoms with Gasteiger partial charge in [-0.2, -0.15) is 5.26 Å². The van der Waals surface area contributed by atoms with Gasteiger partial charge in [0.1, 0.15) is 6.04 Å². The van der Waals surface area contributed by atoms with Gasteiger partial charge in [0.05, 0.1) is 12.0 Å². The summed E-state index contributed by atoms with van der Waals surface area (Å²) in [4.78, 5) is 12.1. The van der Waals surface area contributed by atoms with Crippen molar-refractivity contribution < 1.29 is 4.79 Å². The molecule has 1 aliphatic rings. The number of amides is 1. The van der Waals surface area contributed by atoms with Crippen LogP contribution in [-0.4, -0.2) is 11.9 Å². The summed E-state index contributed by atoms with van der Waals surface area (Å²) in [6, 6.07) is 9.70. The van der Waals surface area contributed by atoms with Crippen molar-refractivity contribution >= 4 is 5.91 Å². The number of nitrogens with zero attached hydrogens (tertiary/aromatic N) is 1. The maximum atomic E-state index is 12.1. The molecule has 0 radical (unpaired) electrons. The number of fused-ring (bicyclic) bond motifs is 1. The smallest absolute Gasteiger partial charge is 0.228 e. The zero-order chi connectivity index (χ0) is 12.3. The van der Waals surface area contributed by atoms with Gasteiger partial charge in [-0.3, -0.25) is 4.79 Å². The molecule has 1 aromatic carbocycles. The quantitative estimate of drug-likeness (QED) is 0.843. The number of carbonyl (C=O) groups excluding carboxylic acids is 1. The van der Waals surface area contributed by atoms with Crippen LogP contribution in [0.1, 0.15) is 36.8 Å². The zero-order valence-electron chi connectivity index (χ0n) is 9.94. The van der Waals surface area contributed by atoms with Gasteiger partial charge in [-0.05, 0) is 37.3 Å². The Hall–Kier alpha value is -1.82. The molecule has 2 atom stereocenters. The van der Waals surface area contributed by atoms with E-state index in [9.17, 15) is 4.79 Å². The zero-order valence-corrected chi connectivity index (χ0v) is 9.94. The number of hydrogen-bond acceptors (Lipinski definition) is 2. The van der Waals surface area contributed by atoms with Crippen LogP contribution in [-0.2, 0) is 11.2 Å². The van der Waals surface area contributed by atoms with E-state index in [1.54, 1.807) is 6.92 Å². The van der Waals surface area contributed by atoms with Gasteiger partial charge in [0, 0.05) is 0 Å². The summed E-state index contributed by atoms with van der Waals surface area (Å²) >= 11 is 0. The summed E-state index contributed by atoms with van der Waals surface area (Å²) in [5.41, 5.74) is 2.39. The van der Waals surface area contributed by atoms with Crippen LogP contribution in [0.25, 0.3) is 0 Å². The number of benzene rings is 1. The lowest BCUT2D eigenvalue weighted by molar-refractivity contribution is -0.123. The molecule has 0 aromatic heterocycles. The lowest BCUT2D eigenvalue weighted by Crippen LogP contribution is -2.36. The van der Waals surface area contributed by atoms with Crippen molar-refractivity contribution in [1.29, 1.82) is 5.26 Å². The van der Waals surface area contributed by atoms with E-state index in [0.717, 1.165) is 24.8 Å². The highest BCUT2D eigenvalue weighted by Crippen LogP contribution is 2.31. The number of aryl methyl sites for hydroxylation is 1. The summed E-state index contributed by atoms with van der Waals surface area (Å²) < 4.78 is 0. The van der Waals surface area contributed by atoms with Crippen LogP contribution >= 0.6 is 0 Å². The summed E-state index contributed by atoms with van der Waals surface area (Å²) in [5.74, 6) is -0.109. The molecule has 17 heavy (non-hydrogen) atoms. The largest absolute Gasteiger partial charge is 0.340 e. The fraction of sp³-hybridized carbons (Fsp3) is 0.429. The Kier molecular flexibility index (Phi) is 3.43. The van der Waals surface area contributed by atoms with Crippen molar-refractivity contribution in [2.75, 3.05) is 0 Å². The molecule has 1 aliphatic carbocycles. The van der Waals surface area contributed by atoms with Crippen LogP contribution < -0.4 is 5.32 Å². The molecule has 0 saturated carbocycles. The van der Waals surface area contributed by atoms with Crippen molar-refractivity contribution in [2.24, 2.45) is 0 Å². The summed E-state index contributed by atoms with van der Waals surface area (Å²) in [6.45, 7) is 1.70. The Morgan fingerprint density at radius 1 is 1.53 bits per heavy atom. The molecule has 0 heterocycles. The van der Waals surface area contributed by atoms with Gasteiger partial charge in [-0.15, -0.1) is 0 Å². The third kappa shape index (κ3) is 2.47. The molecule has 1 N–H and O–H groups in total. The Labute approximate surface area is 101 Å². The van der Waals surface area contributed by atoms with E-state index in [1.165, 1.54) is 5.56 Å². The first-order valence-electron chi connectivity index (χ1n) is 6.00. The predicted molar refractivity (Wildman–Crippen MR) is 65.3 cm³/mol. The van der Waals surface area contributed by atoms with E-state index in [4.69, 9.17) is 5.26 Å². The van der Waals surface area contributed by atoms with Gasteiger partial charge in [-0.25, -0.2) is 0 Å². The summed E-state index contributed by atoms with van der Waals surface area (Å²) in [5, 5.41) is 11.5. The third-order valence-electron chi connectivity index (χ3n) is 3.24. The third-order valence-corrected chi connectivity index (χ3v) is 3.24. The molecule has 0 spiro atoms. The molecule has 88 valence electrons. The van der Waals surface area contributed by atoms with Crippen LogP contribution in [0.15, 0.2) is 24.3 Å². The van der Waals surface area contributed by atoms with Gasteiger partial charge in [0.15, 0.2) is 0 Å². The summed E-state index contributed by atoms with van der Waals surface area (Å²) in [6.07, 6.45) is 2.96. The summed E-state index contributed by atoms with van der Waals surface area (Å²) in [7, 11) is 0. The predicted octanol–water partition coefficient (Wildman–Crippen LogP) is 2.13. The molecular formula is C14H16N2O. The number of nitriles is 1. The fourth-order valence-electron chi connectivity index (χ4n) is 2.37. The van der Waals surface area contributed by atoms with Crippen molar-refractivity contribution in [3.05, 3.63) is 35.4 Å². The van der Waals surface area contributed by atoms with Crippen molar-refractivity contribution in [1.82, 2.24) is 5.32 Å². The normalized spacial score (nSPS) is 19.9. The van der Waals surface area contributed by atoms with Gasteiger partial charge in [0.2, 0.25) is 5.91 Å². The first-order valence-corrected chi connectivity index (χ1v) is 6.00. The highest BCUT2D eigenvalue weighted by atomic mass is 16.1. The first-order chi connectivity index (χ1) is 8.22. The Morgan fingerprint density at radius 2 is 2.29 bits per heavy atom. The molecule has 0 aliphatic heterocycles. The van der Waals surface area contributed by atoms with Crippen LogP contribution in [0.5, 0.6) is 0 Å². The fourth-order valence-corrected chi connectivity index (χ4v) is 2.37. The number of rotatable bonds is 2. The molecular weight excluding hydrogens is 212 g/mol. The lowest BCUT2D eigenvalue weighted by atomic mass is 9.82. The van der Waals surface area contributed by atoms with Crippen LogP contribution in [0.3, 0.4) is 0 Å². The van der Waals surface area contributed by atoms with E-state index in [-0.39, 0.29) is 11.8 Å².